The van der Waals surface area contributed by atoms with Crippen LogP contribution in [0.1, 0.15) is 11.3 Å². The molecule has 0 amide bonds. The largest absolute Gasteiger partial charge is 0.504 e. The zero-order valence-corrected chi connectivity index (χ0v) is 8.64. The molecule has 0 atom stereocenters. The van der Waals surface area contributed by atoms with E-state index >= 15 is 0 Å². The lowest BCUT2D eigenvalue weighted by Crippen LogP contribution is -2.12. The van der Waals surface area contributed by atoms with Crippen molar-refractivity contribution in [3.63, 3.8) is 0 Å². The number of aromatic hydroxyl groups is 2. The van der Waals surface area contributed by atoms with Gasteiger partial charge in [-0.3, -0.25) is 0 Å². The van der Waals surface area contributed by atoms with Gasteiger partial charge in [0.15, 0.2) is 11.5 Å². The lowest BCUT2D eigenvalue weighted by molar-refractivity contribution is 0.403. The van der Waals surface area contributed by atoms with Gasteiger partial charge in [-0.15, -0.1) is 0 Å². The fourth-order valence-electron chi connectivity index (χ4n) is 1.40. The maximum absolute atomic E-state index is 9.29. The van der Waals surface area contributed by atoms with Crippen molar-refractivity contribution in [3.8, 4) is 11.5 Å². The average Bonchev–Trinajstić information content (AvgIpc) is 2.76. The van der Waals surface area contributed by atoms with Gasteiger partial charge in [0, 0.05) is 25.0 Å². The number of aromatic amines is 1. The zero-order valence-electron chi connectivity index (χ0n) is 8.64. The lowest BCUT2D eigenvalue weighted by atomic mass is 10.2. The first-order valence-corrected chi connectivity index (χ1v) is 4.94. The van der Waals surface area contributed by atoms with Crippen LogP contribution < -0.4 is 5.32 Å². The number of H-pyrrole nitrogens is 1. The molecule has 0 aliphatic carbocycles. The third-order valence-corrected chi connectivity index (χ3v) is 2.24. The summed E-state index contributed by atoms with van der Waals surface area (Å²) >= 11 is 0. The van der Waals surface area contributed by atoms with Gasteiger partial charge in [-0.05, 0) is 17.7 Å². The monoisotopic (exact) mass is 219 g/mol. The summed E-state index contributed by atoms with van der Waals surface area (Å²) in [6.45, 7) is 1.30. The van der Waals surface area contributed by atoms with E-state index in [4.69, 9.17) is 5.11 Å². The maximum atomic E-state index is 9.29. The van der Waals surface area contributed by atoms with Crippen LogP contribution in [0.3, 0.4) is 0 Å². The quantitative estimate of drug-likeness (QED) is 0.581. The molecule has 0 aliphatic heterocycles. The molecule has 4 N–H and O–H groups in total. The highest BCUT2D eigenvalue weighted by Crippen LogP contribution is 2.24. The van der Waals surface area contributed by atoms with Crippen LogP contribution in [-0.4, -0.2) is 20.2 Å². The van der Waals surface area contributed by atoms with Crippen LogP contribution in [0.2, 0.25) is 0 Å². The van der Waals surface area contributed by atoms with Gasteiger partial charge in [0.05, 0.1) is 6.33 Å². The minimum absolute atomic E-state index is 0.0964. The molecular weight excluding hydrogens is 206 g/mol. The minimum Gasteiger partial charge on any atom is -0.504 e. The summed E-state index contributed by atoms with van der Waals surface area (Å²) in [6, 6.07) is 4.77. The van der Waals surface area contributed by atoms with Crippen molar-refractivity contribution in [2.75, 3.05) is 0 Å². The van der Waals surface area contributed by atoms with E-state index in [1.165, 1.54) is 12.1 Å². The highest BCUT2D eigenvalue weighted by molar-refractivity contribution is 5.40. The molecule has 0 spiro atoms. The SMILES string of the molecule is Oc1ccc(CNCc2cnc[nH]2)cc1O. The van der Waals surface area contributed by atoms with Gasteiger partial charge in [-0.1, -0.05) is 6.07 Å². The van der Waals surface area contributed by atoms with E-state index in [0.717, 1.165) is 11.3 Å². The summed E-state index contributed by atoms with van der Waals surface area (Å²) in [6.07, 6.45) is 3.38. The van der Waals surface area contributed by atoms with Gasteiger partial charge in [0.1, 0.15) is 0 Å². The van der Waals surface area contributed by atoms with E-state index in [2.05, 4.69) is 15.3 Å². The molecule has 16 heavy (non-hydrogen) atoms. The van der Waals surface area contributed by atoms with Crippen molar-refractivity contribution in [1.29, 1.82) is 0 Å². The van der Waals surface area contributed by atoms with E-state index in [1.807, 2.05) is 0 Å². The molecule has 0 radical (unpaired) electrons. The number of nitrogens with one attached hydrogen (secondary N) is 2. The van der Waals surface area contributed by atoms with E-state index in [0.29, 0.717) is 13.1 Å². The van der Waals surface area contributed by atoms with Crippen LogP contribution in [0.5, 0.6) is 11.5 Å². The van der Waals surface area contributed by atoms with E-state index in [-0.39, 0.29) is 11.5 Å². The minimum atomic E-state index is -0.0997. The third-order valence-electron chi connectivity index (χ3n) is 2.24. The van der Waals surface area contributed by atoms with Gasteiger partial charge >= 0.3 is 0 Å². The summed E-state index contributed by atoms with van der Waals surface area (Å²) in [5, 5.41) is 21.6. The zero-order chi connectivity index (χ0) is 11.4. The summed E-state index contributed by atoms with van der Waals surface area (Å²) in [5.74, 6) is -0.196. The number of hydrogen-bond donors (Lipinski definition) is 4. The second-order valence-corrected chi connectivity index (χ2v) is 3.50. The Morgan fingerprint density at radius 1 is 1.19 bits per heavy atom. The second kappa shape index (κ2) is 4.67. The fourth-order valence-corrected chi connectivity index (χ4v) is 1.40. The smallest absolute Gasteiger partial charge is 0.157 e. The summed E-state index contributed by atoms with van der Waals surface area (Å²) < 4.78 is 0. The van der Waals surface area contributed by atoms with E-state index in [9.17, 15) is 5.11 Å². The van der Waals surface area contributed by atoms with Gasteiger partial charge in [0.2, 0.25) is 0 Å². The summed E-state index contributed by atoms with van der Waals surface area (Å²) in [4.78, 5) is 6.89. The standard InChI is InChI=1S/C11H13N3O2/c15-10-2-1-8(3-11(10)16)4-12-5-9-6-13-7-14-9/h1-3,6-7,12,15-16H,4-5H2,(H,13,14). The van der Waals surface area contributed by atoms with Crippen LogP contribution >= 0.6 is 0 Å². The molecule has 84 valence electrons. The molecule has 0 fully saturated rings. The molecule has 2 aromatic rings. The molecule has 5 nitrogen and oxygen atoms in total. The van der Waals surface area contributed by atoms with Crippen LogP contribution in [0, 0.1) is 0 Å². The van der Waals surface area contributed by atoms with Gasteiger partial charge in [-0.25, -0.2) is 4.98 Å². The predicted octanol–water partition coefficient (Wildman–Crippen LogP) is 1.11. The molecule has 0 aliphatic rings. The number of hydrogen-bond acceptors (Lipinski definition) is 4. The van der Waals surface area contributed by atoms with Crippen LogP contribution in [0.15, 0.2) is 30.7 Å². The Morgan fingerprint density at radius 3 is 2.75 bits per heavy atom. The number of phenolic OH excluding ortho intramolecular Hbond substituents is 2. The Bertz CT molecular complexity index is 454. The molecule has 0 bridgehead atoms. The Balaban J connectivity index is 1.87. The highest BCUT2D eigenvalue weighted by atomic mass is 16.3. The fraction of sp³-hybridized carbons (Fsp3) is 0.182. The molecule has 2 rings (SSSR count). The van der Waals surface area contributed by atoms with Crippen molar-refractivity contribution in [2.24, 2.45) is 0 Å². The van der Waals surface area contributed by atoms with Gasteiger partial charge in [-0.2, -0.15) is 0 Å². The van der Waals surface area contributed by atoms with Gasteiger partial charge in [0.25, 0.3) is 0 Å². The lowest BCUT2D eigenvalue weighted by Gasteiger charge is -2.04. The van der Waals surface area contributed by atoms with Crippen molar-refractivity contribution in [1.82, 2.24) is 15.3 Å². The van der Waals surface area contributed by atoms with Crippen molar-refractivity contribution >= 4 is 0 Å². The molecule has 0 saturated carbocycles. The van der Waals surface area contributed by atoms with Crippen molar-refractivity contribution < 1.29 is 10.2 Å². The number of phenols is 2. The van der Waals surface area contributed by atoms with E-state index in [1.54, 1.807) is 18.6 Å². The normalized spacial score (nSPS) is 10.5. The molecule has 0 saturated heterocycles. The predicted molar refractivity (Wildman–Crippen MR) is 58.9 cm³/mol. The Morgan fingerprint density at radius 2 is 2.06 bits per heavy atom. The molecule has 1 aromatic heterocycles. The van der Waals surface area contributed by atoms with Crippen molar-refractivity contribution in [3.05, 3.63) is 42.0 Å². The first-order chi connectivity index (χ1) is 7.75. The van der Waals surface area contributed by atoms with Gasteiger partial charge < -0.3 is 20.5 Å². The second-order valence-electron chi connectivity index (χ2n) is 3.50. The van der Waals surface area contributed by atoms with Crippen molar-refractivity contribution in [2.45, 2.75) is 13.1 Å². The Kier molecular flexibility index (Phi) is 3.07. The average molecular weight is 219 g/mol. The number of aromatic nitrogens is 2. The van der Waals surface area contributed by atoms with Crippen LogP contribution in [0.4, 0.5) is 0 Å². The number of nitrogens with zero attached hydrogens (tertiary/aromatic N) is 1. The number of imidazole rings is 1. The molecule has 5 heteroatoms. The summed E-state index contributed by atoms with van der Waals surface area (Å²) in [5.41, 5.74) is 1.91. The van der Waals surface area contributed by atoms with E-state index < -0.39 is 0 Å². The first kappa shape index (κ1) is 10.5. The van der Waals surface area contributed by atoms with Crippen LogP contribution in [-0.2, 0) is 13.1 Å². The number of rotatable bonds is 4. The van der Waals surface area contributed by atoms with Crippen LogP contribution in [0.25, 0.3) is 0 Å². The number of benzene rings is 1. The maximum Gasteiger partial charge on any atom is 0.157 e. The molecule has 1 aromatic carbocycles. The topological polar surface area (TPSA) is 81.2 Å². The highest BCUT2D eigenvalue weighted by Gasteiger charge is 2.00. The molecule has 1 heterocycles. The third kappa shape index (κ3) is 2.52. The Labute approximate surface area is 92.8 Å². The summed E-state index contributed by atoms with van der Waals surface area (Å²) in [7, 11) is 0. The molecular formula is C11H13N3O2. The first-order valence-electron chi connectivity index (χ1n) is 4.94. The molecule has 0 unspecified atom stereocenters. The Hall–Kier alpha value is -2.01.